The van der Waals surface area contributed by atoms with E-state index in [0.717, 1.165) is 13.1 Å². The van der Waals surface area contributed by atoms with Crippen LogP contribution in [-0.2, 0) is 4.79 Å². The summed E-state index contributed by atoms with van der Waals surface area (Å²) in [5.74, 6) is 0.651. The third-order valence-corrected chi connectivity index (χ3v) is 2.33. The third-order valence-electron chi connectivity index (χ3n) is 2.33. The summed E-state index contributed by atoms with van der Waals surface area (Å²) in [6.07, 6.45) is 0.572. The van der Waals surface area contributed by atoms with Crippen LogP contribution in [0.3, 0.4) is 0 Å². The minimum Gasteiger partial charge on any atom is -0.389 e. The molecule has 1 N–H and O–H groups in total. The fraction of sp³-hybridized carbons (Fsp3) is 0.909. The van der Waals surface area contributed by atoms with Crippen LogP contribution in [0.25, 0.3) is 0 Å². The summed E-state index contributed by atoms with van der Waals surface area (Å²) in [4.78, 5) is 11.6. The minimum absolute atomic E-state index is 0.123. The lowest BCUT2D eigenvalue weighted by molar-refractivity contribution is -0.144. The van der Waals surface area contributed by atoms with E-state index in [4.69, 9.17) is 0 Å². The van der Waals surface area contributed by atoms with Gasteiger partial charge in [-0.25, -0.2) is 5.01 Å². The molecule has 0 bridgehead atoms. The van der Waals surface area contributed by atoms with Gasteiger partial charge in [-0.05, 0) is 19.8 Å². The van der Waals surface area contributed by atoms with Crippen molar-refractivity contribution in [1.82, 2.24) is 10.0 Å². The Hall–Kier alpha value is -0.610. The number of hydrogen-bond acceptors (Lipinski definition) is 3. The van der Waals surface area contributed by atoms with E-state index in [-0.39, 0.29) is 5.91 Å². The molecule has 4 heteroatoms. The predicted octanol–water partition coefficient (Wildman–Crippen LogP) is 0.863. The molecular weight excluding hydrogens is 192 g/mol. The van der Waals surface area contributed by atoms with Crippen LogP contribution in [-0.4, -0.2) is 46.3 Å². The molecule has 4 nitrogen and oxygen atoms in total. The molecule has 0 aliphatic carbocycles. The van der Waals surface area contributed by atoms with Gasteiger partial charge >= 0.3 is 0 Å². The van der Waals surface area contributed by atoms with Gasteiger partial charge in [-0.1, -0.05) is 13.8 Å². The minimum atomic E-state index is -0.824. The maximum atomic E-state index is 11.6. The lowest BCUT2D eigenvalue weighted by atomic mass is 10.1. The second-order valence-corrected chi connectivity index (χ2v) is 5.32. The smallest absolute Gasteiger partial charge is 0.238 e. The van der Waals surface area contributed by atoms with Crippen molar-refractivity contribution in [3.63, 3.8) is 0 Å². The molecule has 1 aliphatic heterocycles. The monoisotopic (exact) mass is 214 g/mol. The highest BCUT2D eigenvalue weighted by atomic mass is 16.3. The van der Waals surface area contributed by atoms with Crippen molar-refractivity contribution in [3.05, 3.63) is 0 Å². The maximum Gasteiger partial charge on any atom is 0.238 e. The van der Waals surface area contributed by atoms with E-state index >= 15 is 0 Å². The van der Waals surface area contributed by atoms with Crippen LogP contribution in [0, 0.1) is 5.92 Å². The van der Waals surface area contributed by atoms with E-state index in [1.807, 2.05) is 5.01 Å². The standard InChI is InChI=1S/C11H22N2O2/c1-9(2)7-12-6-5-10(14)13(12)8-11(3,4)15/h9,15H,5-8H2,1-4H3. The molecule has 0 atom stereocenters. The van der Waals surface area contributed by atoms with Gasteiger partial charge < -0.3 is 5.11 Å². The van der Waals surface area contributed by atoms with Gasteiger partial charge in [0.15, 0.2) is 0 Å². The lowest BCUT2D eigenvalue weighted by Crippen LogP contribution is -2.48. The molecule has 1 heterocycles. The average molecular weight is 214 g/mol. The SMILES string of the molecule is CC(C)CN1CCC(=O)N1CC(C)(C)O. The molecule has 0 radical (unpaired) electrons. The summed E-state index contributed by atoms with van der Waals surface area (Å²) < 4.78 is 0. The van der Waals surface area contributed by atoms with Crippen LogP contribution < -0.4 is 0 Å². The van der Waals surface area contributed by atoms with E-state index in [0.29, 0.717) is 18.9 Å². The second kappa shape index (κ2) is 4.49. The molecule has 0 aromatic carbocycles. The molecule has 0 aromatic rings. The van der Waals surface area contributed by atoms with Gasteiger partial charge in [-0.2, -0.15) is 0 Å². The van der Waals surface area contributed by atoms with Gasteiger partial charge in [0.1, 0.15) is 0 Å². The molecule has 0 aromatic heterocycles. The molecule has 1 amide bonds. The molecule has 1 saturated heterocycles. The zero-order valence-corrected chi connectivity index (χ0v) is 10.2. The highest BCUT2D eigenvalue weighted by molar-refractivity contribution is 5.77. The summed E-state index contributed by atoms with van der Waals surface area (Å²) in [6.45, 7) is 9.77. The Morgan fingerprint density at radius 3 is 2.53 bits per heavy atom. The number of rotatable bonds is 4. The first-order valence-electron chi connectivity index (χ1n) is 5.57. The van der Waals surface area contributed by atoms with E-state index in [1.165, 1.54) is 0 Å². The molecular formula is C11H22N2O2. The summed E-state index contributed by atoms with van der Waals surface area (Å²) in [6, 6.07) is 0. The first kappa shape index (κ1) is 12.5. The Kier molecular flexibility index (Phi) is 3.73. The van der Waals surface area contributed by atoms with Crippen molar-refractivity contribution in [2.45, 2.75) is 39.7 Å². The zero-order valence-electron chi connectivity index (χ0n) is 10.2. The maximum absolute atomic E-state index is 11.6. The quantitative estimate of drug-likeness (QED) is 0.755. The van der Waals surface area contributed by atoms with Crippen molar-refractivity contribution < 1.29 is 9.90 Å². The van der Waals surface area contributed by atoms with Crippen molar-refractivity contribution in [2.24, 2.45) is 5.92 Å². The molecule has 1 rings (SSSR count). The molecule has 0 unspecified atom stereocenters. The molecule has 0 spiro atoms. The van der Waals surface area contributed by atoms with Gasteiger partial charge in [0.2, 0.25) is 5.91 Å². The fourth-order valence-corrected chi connectivity index (χ4v) is 1.80. The number of carbonyl (C=O) groups is 1. The normalized spacial score (nSPS) is 19.3. The molecule has 88 valence electrons. The first-order chi connectivity index (χ1) is 6.79. The van der Waals surface area contributed by atoms with Crippen molar-refractivity contribution in [3.8, 4) is 0 Å². The Morgan fingerprint density at radius 1 is 1.47 bits per heavy atom. The predicted molar refractivity (Wildman–Crippen MR) is 59.0 cm³/mol. The molecule has 0 saturated carbocycles. The number of nitrogens with zero attached hydrogens (tertiary/aromatic N) is 2. The Morgan fingerprint density at radius 2 is 2.07 bits per heavy atom. The number of hydrogen-bond donors (Lipinski definition) is 1. The van der Waals surface area contributed by atoms with Crippen LogP contribution in [0.4, 0.5) is 0 Å². The van der Waals surface area contributed by atoms with E-state index in [9.17, 15) is 9.90 Å². The van der Waals surface area contributed by atoms with Crippen LogP contribution in [0.15, 0.2) is 0 Å². The van der Waals surface area contributed by atoms with Gasteiger partial charge in [0.05, 0.1) is 12.1 Å². The number of β-amino-alcohol motifs (C(OH)–C–C–N with tert-alkyl or cyclic N) is 1. The van der Waals surface area contributed by atoms with Crippen LogP contribution in [0.5, 0.6) is 0 Å². The summed E-state index contributed by atoms with van der Waals surface area (Å²) >= 11 is 0. The molecule has 1 aliphatic rings. The van der Waals surface area contributed by atoms with Gasteiger partial charge in [0, 0.05) is 19.5 Å². The van der Waals surface area contributed by atoms with Crippen LogP contribution >= 0.6 is 0 Å². The van der Waals surface area contributed by atoms with Gasteiger partial charge in [-0.15, -0.1) is 0 Å². The highest BCUT2D eigenvalue weighted by Crippen LogP contribution is 2.17. The Balaban J connectivity index is 2.61. The first-order valence-corrected chi connectivity index (χ1v) is 5.57. The third kappa shape index (κ3) is 3.80. The summed E-state index contributed by atoms with van der Waals surface area (Å²) in [5.41, 5.74) is -0.824. The van der Waals surface area contributed by atoms with Crippen molar-refractivity contribution in [2.75, 3.05) is 19.6 Å². The number of aliphatic hydroxyl groups is 1. The fourth-order valence-electron chi connectivity index (χ4n) is 1.80. The zero-order chi connectivity index (χ0) is 11.6. The number of amides is 1. The van der Waals surface area contributed by atoms with Crippen LogP contribution in [0.2, 0.25) is 0 Å². The van der Waals surface area contributed by atoms with Crippen LogP contribution in [0.1, 0.15) is 34.1 Å². The largest absolute Gasteiger partial charge is 0.389 e. The summed E-state index contributed by atoms with van der Waals surface area (Å²) in [7, 11) is 0. The van der Waals surface area contributed by atoms with E-state index in [1.54, 1.807) is 18.9 Å². The average Bonchev–Trinajstić information content (AvgIpc) is 2.32. The van der Waals surface area contributed by atoms with E-state index in [2.05, 4.69) is 13.8 Å². The topological polar surface area (TPSA) is 43.8 Å². The molecule has 15 heavy (non-hydrogen) atoms. The van der Waals surface area contributed by atoms with Gasteiger partial charge in [0.25, 0.3) is 0 Å². The number of hydrazine groups is 1. The summed E-state index contributed by atoms with van der Waals surface area (Å²) in [5, 5.41) is 13.5. The second-order valence-electron chi connectivity index (χ2n) is 5.32. The molecule has 1 fully saturated rings. The Labute approximate surface area is 91.8 Å². The van der Waals surface area contributed by atoms with Crippen molar-refractivity contribution in [1.29, 1.82) is 0 Å². The number of carbonyl (C=O) groups excluding carboxylic acids is 1. The Bertz CT molecular complexity index is 233. The lowest BCUT2D eigenvalue weighted by Gasteiger charge is -2.33. The van der Waals surface area contributed by atoms with Crippen molar-refractivity contribution >= 4 is 5.91 Å². The van der Waals surface area contributed by atoms with Gasteiger partial charge in [-0.3, -0.25) is 9.80 Å². The van der Waals surface area contributed by atoms with E-state index < -0.39 is 5.60 Å². The highest BCUT2D eigenvalue weighted by Gasteiger charge is 2.32.